The predicted molar refractivity (Wildman–Crippen MR) is 62.8 cm³/mol. The van der Waals surface area contributed by atoms with E-state index in [9.17, 15) is 0 Å². The Kier molecular flexibility index (Phi) is 6.37. The lowest BCUT2D eigenvalue weighted by Crippen LogP contribution is -2.09. The molecule has 0 bridgehead atoms. The first-order chi connectivity index (χ1) is 6.65. The van der Waals surface area contributed by atoms with Gasteiger partial charge in [0.15, 0.2) is 0 Å². The molecule has 78 valence electrons. The van der Waals surface area contributed by atoms with Crippen LogP contribution in [0, 0.1) is 11.3 Å². The van der Waals surface area contributed by atoms with E-state index in [-0.39, 0.29) is 0 Å². The quantitative estimate of drug-likeness (QED) is 0.494. The molecular formula is C11H19N3. The van der Waals surface area contributed by atoms with Gasteiger partial charge in [-0.05, 0) is 18.4 Å². The second-order valence-electron chi connectivity index (χ2n) is 3.21. The number of nitrogens with zero attached hydrogens (tertiary/aromatic N) is 1. The lowest BCUT2D eigenvalue weighted by Gasteiger charge is -2.04. The maximum absolute atomic E-state index is 6.91. The van der Waals surface area contributed by atoms with Gasteiger partial charge in [0.05, 0.1) is 6.34 Å². The third-order valence-electron chi connectivity index (χ3n) is 1.81. The first-order valence-corrected chi connectivity index (χ1v) is 4.80. The standard InChI is InChI=1S/C11H19N3/c1-5-10(14-8-12)7-13-11(6-2)9(3)4/h6-9H,2,5H2,1,3-4H3,(H2,12,14)/b10-7-,13-11?. The summed E-state index contributed by atoms with van der Waals surface area (Å²) in [5.74, 6) is 0.377. The molecule has 0 aliphatic heterocycles. The van der Waals surface area contributed by atoms with Gasteiger partial charge in [-0.3, -0.25) is 10.4 Å². The van der Waals surface area contributed by atoms with Crippen LogP contribution >= 0.6 is 0 Å². The van der Waals surface area contributed by atoms with E-state index in [0.717, 1.165) is 24.2 Å². The Balaban J connectivity index is 4.59. The molecule has 0 saturated heterocycles. The molecule has 0 heterocycles. The van der Waals surface area contributed by atoms with E-state index in [1.54, 1.807) is 12.3 Å². The van der Waals surface area contributed by atoms with Crippen LogP contribution in [-0.2, 0) is 0 Å². The van der Waals surface area contributed by atoms with Crippen molar-refractivity contribution in [1.29, 1.82) is 5.41 Å². The van der Waals surface area contributed by atoms with Crippen LogP contribution in [0.25, 0.3) is 0 Å². The van der Waals surface area contributed by atoms with Crippen LogP contribution < -0.4 is 5.32 Å². The summed E-state index contributed by atoms with van der Waals surface area (Å²) in [6.07, 6.45) is 5.51. The summed E-state index contributed by atoms with van der Waals surface area (Å²) in [5, 5.41) is 9.72. The normalized spacial score (nSPS) is 12.9. The van der Waals surface area contributed by atoms with Crippen LogP contribution in [0.2, 0.25) is 0 Å². The molecule has 0 atom stereocenters. The minimum Gasteiger partial charge on any atom is -0.349 e. The Hall–Kier alpha value is -1.38. The summed E-state index contributed by atoms with van der Waals surface area (Å²) in [6.45, 7) is 9.87. The lowest BCUT2D eigenvalue weighted by molar-refractivity contribution is 0.886. The molecule has 0 radical (unpaired) electrons. The van der Waals surface area contributed by atoms with Gasteiger partial charge in [0.2, 0.25) is 0 Å². The highest BCUT2D eigenvalue weighted by molar-refractivity contribution is 5.96. The maximum atomic E-state index is 6.91. The number of hydrogen-bond acceptors (Lipinski definition) is 2. The van der Waals surface area contributed by atoms with E-state index >= 15 is 0 Å². The Morgan fingerprint density at radius 2 is 2.21 bits per heavy atom. The van der Waals surface area contributed by atoms with Crippen LogP contribution in [0.1, 0.15) is 27.2 Å². The van der Waals surface area contributed by atoms with Crippen molar-refractivity contribution in [2.75, 3.05) is 0 Å². The highest BCUT2D eigenvalue weighted by Crippen LogP contribution is 2.01. The SMILES string of the molecule is C=CC(=N/C=C(/CC)NC=N)C(C)C. The molecule has 0 rings (SSSR count). The summed E-state index contributed by atoms with van der Waals surface area (Å²) in [4.78, 5) is 4.30. The fraction of sp³-hybridized carbons (Fsp3) is 0.455. The average Bonchev–Trinajstić information content (AvgIpc) is 2.16. The number of rotatable bonds is 6. The van der Waals surface area contributed by atoms with Crippen molar-refractivity contribution in [3.63, 3.8) is 0 Å². The van der Waals surface area contributed by atoms with Crippen molar-refractivity contribution in [2.45, 2.75) is 27.2 Å². The van der Waals surface area contributed by atoms with Crippen LogP contribution in [0.4, 0.5) is 0 Å². The van der Waals surface area contributed by atoms with E-state index in [1.165, 1.54) is 0 Å². The summed E-state index contributed by atoms with van der Waals surface area (Å²) < 4.78 is 0. The molecule has 0 aliphatic rings. The van der Waals surface area contributed by atoms with Gasteiger partial charge in [-0.25, -0.2) is 0 Å². The molecule has 0 aliphatic carbocycles. The summed E-state index contributed by atoms with van der Waals surface area (Å²) in [5.41, 5.74) is 1.89. The lowest BCUT2D eigenvalue weighted by atomic mass is 10.1. The highest BCUT2D eigenvalue weighted by atomic mass is 14.9. The molecule has 0 aromatic carbocycles. The summed E-state index contributed by atoms with van der Waals surface area (Å²) in [7, 11) is 0. The highest BCUT2D eigenvalue weighted by Gasteiger charge is 1.98. The Morgan fingerprint density at radius 3 is 2.57 bits per heavy atom. The molecule has 3 heteroatoms. The fourth-order valence-electron chi connectivity index (χ4n) is 0.913. The summed E-state index contributed by atoms with van der Waals surface area (Å²) in [6, 6.07) is 0. The van der Waals surface area contributed by atoms with Crippen LogP contribution in [-0.4, -0.2) is 12.1 Å². The van der Waals surface area contributed by atoms with Gasteiger partial charge in [-0.15, -0.1) is 0 Å². The van der Waals surface area contributed by atoms with Gasteiger partial charge in [-0.1, -0.05) is 27.4 Å². The fourth-order valence-corrected chi connectivity index (χ4v) is 0.913. The molecule has 2 N–H and O–H groups in total. The van der Waals surface area contributed by atoms with Gasteiger partial charge < -0.3 is 5.32 Å². The first-order valence-electron chi connectivity index (χ1n) is 4.80. The van der Waals surface area contributed by atoms with Crippen molar-refractivity contribution in [3.05, 3.63) is 24.6 Å². The largest absolute Gasteiger partial charge is 0.349 e. The van der Waals surface area contributed by atoms with Gasteiger partial charge in [0.25, 0.3) is 0 Å². The number of hydrogen-bond donors (Lipinski definition) is 2. The molecule has 0 spiro atoms. The minimum atomic E-state index is 0.377. The smallest absolute Gasteiger partial charge is 0.0833 e. The van der Waals surface area contributed by atoms with Crippen molar-refractivity contribution < 1.29 is 0 Å². The zero-order chi connectivity index (χ0) is 11.0. The predicted octanol–water partition coefficient (Wildman–Crippen LogP) is 2.72. The van der Waals surface area contributed by atoms with Crippen molar-refractivity contribution in [3.8, 4) is 0 Å². The van der Waals surface area contributed by atoms with Gasteiger partial charge >= 0.3 is 0 Å². The zero-order valence-electron chi connectivity index (χ0n) is 9.17. The van der Waals surface area contributed by atoms with Crippen molar-refractivity contribution in [2.24, 2.45) is 10.9 Å². The molecule has 0 amide bonds. The Bertz CT molecular complexity index is 249. The second-order valence-corrected chi connectivity index (χ2v) is 3.21. The van der Waals surface area contributed by atoms with Crippen molar-refractivity contribution in [1.82, 2.24) is 5.32 Å². The molecule has 0 unspecified atom stereocenters. The molecule has 3 nitrogen and oxygen atoms in total. The average molecular weight is 193 g/mol. The summed E-state index contributed by atoms with van der Waals surface area (Å²) >= 11 is 0. The van der Waals surface area contributed by atoms with E-state index < -0.39 is 0 Å². The molecule has 14 heavy (non-hydrogen) atoms. The Morgan fingerprint density at radius 1 is 1.57 bits per heavy atom. The molecule has 0 aromatic heterocycles. The molecular weight excluding hydrogens is 174 g/mol. The monoisotopic (exact) mass is 193 g/mol. The third kappa shape index (κ3) is 4.60. The van der Waals surface area contributed by atoms with Crippen LogP contribution in [0.3, 0.4) is 0 Å². The van der Waals surface area contributed by atoms with E-state index in [1.807, 2.05) is 6.92 Å². The van der Waals surface area contributed by atoms with Gasteiger partial charge in [0.1, 0.15) is 0 Å². The van der Waals surface area contributed by atoms with Gasteiger partial charge in [0, 0.05) is 17.6 Å². The maximum Gasteiger partial charge on any atom is 0.0833 e. The molecule has 0 fully saturated rings. The Labute approximate surface area is 86.1 Å². The third-order valence-corrected chi connectivity index (χ3v) is 1.81. The number of aliphatic imine (C=N–C) groups is 1. The topological polar surface area (TPSA) is 48.2 Å². The van der Waals surface area contributed by atoms with E-state index in [0.29, 0.717) is 5.92 Å². The second kappa shape index (κ2) is 7.06. The van der Waals surface area contributed by atoms with E-state index in [2.05, 4.69) is 30.7 Å². The number of allylic oxidation sites excluding steroid dienone is 2. The van der Waals surface area contributed by atoms with Crippen LogP contribution in [0.5, 0.6) is 0 Å². The first kappa shape index (κ1) is 12.6. The van der Waals surface area contributed by atoms with E-state index in [4.69, 9.17) is 5.41 Å². The zero-order valence-corrected chi connectivity index (χ0v) is 9.17. The number of nitrogens with one attached hydrogen (secondary N) is 2. The van der Waals surface area contributed by atoms with Gasteiger partial charge in [-0.2, -0.15) is 0 Å². The van der Waals surface area contributed by atoms with Crippen LogP contribution in [0.15, 0.2) is 29.5 Å². The minimum absolute atomic E-state index is 0.377. The molecule has 0 saturated carbocycles. The molecule has 0 aromatic rings. The van der Waals surface area contributed by atoms with Crippen molar-refractivity contribution >= 4 is 12.1 Å².